The normalized spacial score (nSPS) is 29.3. The third-order valence-corrected chi connectivity index (χ3v) is 5.62. The van der Waals surface area contributed by atoms with E-state index in [4.69, 9.17) is 0 Å². The molecule has 0 aromatic heterocycles. The lowest BCUT2D eigenvalue weighted by atomic mass is 9.78. The third kappa shape index (κ3) is 2.10. The summed E-state index contributed by atoms with van der Waals surface area (Å²) in [6.45, 7) is 2.42. The lowest BCUT2D eigenvalue weighted by Gasteiger charge is -2.46. The lowest BCUT2D eigenvalue weighted by molar-refractivity contribution is 0.243. The number of anilines is 2. The predicted octanol–water partition coefficient (Wildman–Crippen LogP) is 4.20. The molecule has 108 valence electrons. The Morgan fingerprint density at radius 3 is 2.90 bits per heavy atom. The summed E-state index contributed by atoms with van der Waals surface area (Å²) in [5.41, 5.74) is 4.53. The molecule has 20 heavy (non-hydrogen) atoms. The Bertz CT molecular complexity index is 480. The number of fused-ring (bicyclic) bond motifs is 2. The van der Waals surface area contributed by atoms with Crippen LogP contribution in [0.4, 0.5) is 11.4 Å². The van der Waals surface area contributed by atoms with E-state index in [1.165, 1.54) is 63.6 Å². The third-order valence-electron chi connectivity index (χ3n) is 5.62. The van der Waals surface area contributed by atoms with Crippen LogP contribution in [0.3, 0.4) is 0 Å². The molecular weight excluding hydrogens is 244 g/mol. The fraction of sp³-hybridized carbons (Fsp3) is 0.667. The number of nitrogens with zero attached hydrogens (tertiary/aromatic N) is 1. The molecule has 0 radical (unpaired) electrons. The van der Waals surface area contributed by atoms with E-state index in [0.717, 1.165) is 18.5 Å². The highest BCUT2D eigenvalue weighted by atomic mass is 15.2. The highest BCUT2D eigenvalue weighted by Crippen LogP contribution is 2.41. The van der Waals surface area contributed by atoms with Gasteiger partial charge >= 0.3 is 0 Å². The standard InChI is InChI=1S/C18H26N2/c1-2-10-17-14(6-1)7-5-13-20(17)18-11-3-9-16-15(18)8-4-12-19-16/h3,9,11,14,17,19H,1-2,4-8,10,12-13H2. The van der Waals surface area contributed by atoms with Gasteiger partial charge in [0, 0.05) is 30.5 Å². The van der Waals surface area contributed by atoms with Gasteiger partial charge in [0.05, 0.1) is 0 Å². The van der Waals surface area contributed by atoms with Crippen molar-refractivity contribution in [1.82, 2.24) is 0 Å². The summed E-state index contributed by atoms with van der Waals surface area (Å²) in [4.78, 5) is 2.78. The largest absolute Gasteiger partial charge is 0.385 e. The molecule has 4 rings (SSSR count). The Morgan fingerprint density at radius 1 is 1.00 bits per heavy atom. The van der Waals surface area contributed by atoms with Gasteiger partial charge in [0.15, 0.2) is 0 Å². The number of hydrogen-bond donors (Lipinski definition) is 1. The zero-order valence-electron chi connectivity index (χ0n) is 12.4. The summed E-state index contributed by atoms with van der Waals surface area (Å²) in [5, 5.41) is 3.59. The minimum absolute atomic E-state index is 0.825. The van der Waals surface area contributed by atoms with Crippen LogP contribution < -0.4 is 10.2 Å². The Hall–Kier alpha value is -1.18. The first kappa shape index (κ1) is 12.6. The van der Waals surface area contributed by atoms with Crippen molar-refractivity contribution in [2.75, 3.05) is 23.3 Å². The fourth-order valence-electron chi connectivity index (χ4n) is 4.68. The van der Waals surface area contributed by atoms with Gasteiger partial charge < -0.3 is 10.2 Å². The molecular formula is C18H26N2. The van der Waals surface area contributed by atoms with Gasteiger partial charge in [-0.3, -0.25) is 0 Å². The van der Waals surface area contributed by atoms with Gasteiger partial charge in [-0.15, -0.1) is 0 Å². The van der Waals surface area contributed by atoms with E-state index in [1.807, 2.05) is 0 Å². The molecule has 0 amide bonds. The first-order chi connectivity index (χ1) is 9.93. The van der Waals surface area contributed by atoms with Crippen molar-refractivity contribution in [2.24, 2.45) is 5.92 Å². The maximum Gasteiger partial charge on any atom is 0.0422 e. The fourth-order valence-corrected chi connectivity index (χ4v) is 4.68. The van der Waals surface area contributed by atoms with Crippen LogP contribution >= 0.6 is 0 Å². The maximum atomic E-state index is 3.59. The zero-order chi connectivity index (χ0) is 13.4. The molecule has 1 aromatic carbocycles. The van der Waals surface area contributed by atoms with E-state index in [9.17, 15) is 0 Å². The molecule has 1 aliphatic carbocycles. The molecule has 0 spiro atoms. The summed E-state index contributed by atoms with van der Waals surface area (Å²) >= 11 is 0. The average molecular weight is 270 g/mol. The monoisotopic (exact) mass is 270 g/mol. The van der Waals surface area contributed by atoms with E-state index < -0.39 is 0 Å². The van der Waals surface area contributed by atoms with Crippen molar-refractivity contribution in [3.8, 4) is 0 Å². The summed E-state index contributed by atoms with van der Waals surface area (Å²) in [7, 11) is 0. The topological polar surface area (TPSA) is 15.3 Å². The van der Waals surface area contributed by atoms with E-state index in [2.05, 4.69) is 28.4 Å². The number of rotatable bonds is 1. The number of nitrogens with one attached hydrogen (secondary N) is 1. The van der Waals surface area contributed by atoms with Crippen molar-refractivity contribution in [1.29, 1.82) is 0 Å². The second kappa shape index (κ2) is 5.31. The van der Waals surface area contributed by atoms with Gasteiger partial charge in [0.1, 0.15) is 0 Å². The van der Waals surface area contributed by atoms with Gasteiger partial charge in [0.25, 0.3) is 0 Å². The van der Waals surface area contributed by atoms with Gasteiger partial charge in [-0.1, -0.05) is 18.9 Å². The van der Waals surface area contributed by atoms with Gasteiger partial charge in [-0.25, -0.2) is 0 Å². The van der Waals surface area contributed by atoms with Crippen molar-refractivity contribution in [3.63, 3.8) is 0 Å². The van der Waals surface area contributed by atoms with E-state index in [-0.39, 0.29) is 0 Å². The molecule has 1 saturated carbocycles. The molecule has 2 fully saturated rings. The molecule has 0 bridgehead atoms. The Labute approximate surface area is 122 Å². The van der Waals surface area contributed by atoms with Crippen LogP contribution in [0.5, 0.6) is 0 Å². The second-order valence-corrected chi connectivity index (χ2v) is 6.78. The van der Waals surface area contributed by atoms with E-state index >= 15 is 0 Å². The quantitative estimate of drug-likeness (QED) is 0.822. The van der Waals surface area contributed by atoms with Crippen LogP contribution in [0.2, 0.25) is 0 Å². The van der Waals surface area contributed by atoms with Crippen LogP contribution in [-0.2, 0) is 6.42 Å². The van der Waals surface area contributed by atoms with Gasteiger partial charge in [-0.2, -0.15) is 0 Å². The van der Waals surface area contributed by atoms with Crippen molar-refractivity contribution >= 4 is 11.4 Å². The SMILES string of the molecule is c1cc2c(c(N3CCCC4CCCCC43)c1)CCCN2. The average Bonchev–Trinajstić information content (AvgIpc) is 2.54. The minimum Gasteiger partial charge on any atom is -0.385 e. The van der Waals surface area contributed by atoms with Gasteiger partial charge in [0.2, 0.25) is 0 Å². The number of piperidine rings is 1. The summed E-state index contributed by atoms with van der Waals surface area (Å²) < 4.78 is 0. The Kier molecular flexibility index (Phi) is 3.33. The first-order valence-corrected chi connectivity index (χ1v) is 8.56. The zero-order valence-corrected chi connectivity index (χ0v) is 12.4. The Balaban J connectivity index is 1.69. The number of hydrogen-bond acceptors (Lipinski definition) is 2. The maximum absolute atomic E-state index is 3.59. The molecule has 2 heterocycles. The molecule has 2 heteroatoms. The predicted molar refractivity (Wildman–Crippen MR) is 85.6 cm³/mol. The summed E-state index contributed by atoms with van der Waals surface area (Å²) in [6, 6.07) is 7.72. The van der Waals surface area contributed by atoms with Crippen molar-refractivity contribution in [2.45, 2.75) is 57.4 Å². The van der Waals surface area contributed by atoms with Crippen LogP contribution in [0.25, 0.3) is 0 Å². The molecule has 2 aliphatic heterocycles. The van der Waals surface area contributed by atoms with Crippen LogP contribution in [0.1, 0.15) is 50.5 Å². The van der Waals surface area contributed by atoms with Crippen LogP contribution in [-0.4, -0.2) is 19.1 Å². The van der Waals surface area contributed by atoms with E-state index in [1.54, 1.807) is 11.3 Å². The molecule has 1 N–H and O–H groups in total. The second-order valence-electron chi connectivity index (χ2n) is 6.78. The molecule has 2 atom stereocenters. The molecule has 2 unspecified atom stereocenters. The van der Waals surface area contributed by atoms with Crippen molar-refractivity contribution in [3.05, 3.63) is 23.8 Å². The van der Waals surface area contributed by atoms with Gasteiger partial charge in [-0.05, 0) is 62.1 Å². The van der Waals surface area contributed by atoms with Crippen LogP contribution in [0.15, 0.2) is 18.2 Å². The first-order valence-electron chi connectivity index (χ1n) is 8.56. The molecule has 1 aromatic rings. The summed E-state index contributed by atoms with van der Waals surface area (Å²) in [5.74, 6) is 0.963. The molecule has 2 nitrogen and oxygen atoms in total. The summed E-state index contributed by atoms with van der Waals surface area (Å²) in [6.07, 6.45) is 11.2. The molecule has 3 aliphatic rings. The highest BCUT2D eigenvalue weighted by Gasteiger charge is 2.34. The van der Waals surface area contributed by atoms with E-state index in [0.29, 0.717) is 0 Å². The molecule has 1 saturated heterocycles. The van der Waals surface area contributed by atoms with Crippen LogP contribution in [0, 0.1) is 5.92 Å². The lowest BCUT2D eigenvalue weighted by Crippen LogP contribution is -2.47. The number of benzene rings is 1. The van der Waals surface area contributed by atoms with Crippen molar-refractivity contribution < 1.29 is 0 Å². The minimum atomic E-state index is 0.825. The Morgan fingerprint density at radius 2 is 1.90 bits per heavy atom. The smallest absolute Gasteiger partial charge is 0.0422 e. The highest BCUT2D eigenvalue weighted by molar-refractivity contribution is 5.68.